The molecule has 2 aromatic heterocycles. The van der Waals surface area contributed by atoms with Crippen molar-refractivity contribution >= 4 is 11.2 Å². The Balaban J connectivity index is 2.18. The van der Waals surface area contributed by atoms with Crippen LogP contribution in [-0.4, -0.2) is 9.97 Å². The van der Waals surface area contributed by atoms with Crippen molar-refractivity contribution in [3.63, 3.8) is 0 Å². The third kappa shape index (κ3) is 1.46. The Morgan fingerprint density at radius 2 is 1.88 bits per heavy atom. The molecule has 0 unspecified atom stereocenters. The highest BCUT2D eigenvalue weighted by Crippen LogP contribution is 2.22. The van der Waals surface area contributed by atoms with Gasteiger partial charge in [0.1, 0.15) is 0 Å². The molecule has 0 saturated heterocycles. The molecule has 0 spiro atoms. The normalized spacial score (nSPS) is 10.8. The number of hydrogen-bond acceptors (Lipinski definition) is 3. The van der Waals surface area contributed by atoms with Crippen LogP contribution in [0.5, 0.6) is 0 Å². The fraction of sp³-hybridized carbons (Fsp3) is 0.0769. The van der Waals surface area contributed by atoms with E-state index in [1.807, 2.05) is 49.5 Å². The molecule has 0 aliphatic carbocycles. The summed E-state index contributed by atoms with van der Waals surface area (Å²) in [6, 6.07) is 12.1. The number of pyridine rings is 1. The van der Waals surface area contributed by atoms with E-state index in [4.69, 9.17) is 4.42 Å². The Morgan fingerprint density at radius 1 is 1.06 bits per heavy atom. The van der Waals surface area contributed by atoms with Gasteiger partial charge < -0.3 is 4.42 Å². The summed E-state index contributed by atoms with van der Waals surface area (Å²) in [7, 11) is 0. The largest absolute Gasteiger partial charge is 0.439 e. The van der Waals surface area contributed by atoms with Gasteiger partial charge in [0.25, 0.3) is 0 Å². The molecule has 0 aliphatic rings. The van der Waals surface area contributed by atoms with E-state index in [1.165, 1.54) is 0 Å². The predicted molar refractivity (Wildman–Crippen MR) is 62.0 cm³/mol. The molecule has 0 atom stereocenters. The molecule has 0 fully saturated rings. The van der Waals surface area contributed by atoms with Crippen molar-refractivity contribution in [2.75, 3.05) is 0 Å². The first-order chi connectivity index (χ1) is 7.83. The van der Waals surface area contributed by atoms with E-state index in [2.05, 4.69) is 9.97 Å². The average Bonchev–Trinajstić information content (AvgIpc) is 2.69. The van der Waals surface area contributed by atoms with Crippen molar-refractivity contribution in [1.82, 2.24) is 9.97 Å². The Kier molecular flexibility index (Phi) is 1.96. The van der Waals surface area contributed by atoms with Crippen LogP contribution in [-0.2, 0) is 0 Å². The lowest BCUT2D eigenvalue weighted by atomic mass is 10.1. The number of rotatable bonds is 1. The molecule has 0 bridgehead atoms. The van der Waals surface area contributed by atoms with Gasteiger partial charge in [-0.05, 0) is 11.6 Å². The summed E-state index contributed by atoms with van der Waals surface area (Å²) in [6.45, 7) is 1.82. The van der Waals surface area contributed by atoms with Crippen molar-refractivity contribution in [1.29, 1.82) is 0 Å². The van der Waals surface area contributed by atoms with Crippen LogP contribution >= 0.6 is 0 Å². The maximum Gasteiger partial charge on any atom is 0.198 e. The van der Waals surface area contributed by atoms with E-state index in [-0.39, 0.29) is 0 Å². The quantitative estimate of drug-likeness (QED) is 0.619. The summed E-state index contributed by atoms with van der Waals surface area (Å²) in [5.41, 5.74) is 3.58. The predicted octanol–water partition coefficient (Wildman–Crippen LogP) is 3.20. The molecule has 3 rings (SSSR count). The minimum Gasteiger partial charge on any atom is -0.439 e. The zero-order valence-electron chi connectivity index (χ0n) is 8.84. The molecule has 0 radical (unpaired) electrons. The van der Waals surface area contributed by atoms with Gasteiger partial charge >= 0.3 is 0 Å². The Hall–Kier alpha value is -2.16. The molecule has 0 N–H and O–H groups in total. The van der Waals surface area contributed by atoms with Crippen LogP contribution in [0.2, 0.25) is 0 Å². The number of nitrogens with zero attached hydrogens (tertiary/aromatic N) is 2. The Labute approximate surface area is 92.8 Å². The second-order valence-electron chi connectivity index (χ2n) is 3.64. The summed E-state index contributed by atoms with van der Waals surface area (Å²) in [4.78, 5) is 8.44. The molecule has 1 aromatic carbocycles. The fourth-order valence-electron chi connectivity index (χ4n) is 1.72. The van der Waals surface area contributed by atoms with Crippen molar-refractivity contribution in [3.8, 4) is 11.1 Å². The fourth-order valence-corrected chi connectivity index (χ4v) is 1.72. The molecule has 3 aromatic rings. The number of aromatic nitrogens is 2. The van der Waals surface area contributed by atoms with Crippen LogP contribution in [0.1, 0.15) is 5.89 Å². The highest BCUT2D eigenvalue weighted by Gasteiger charge is 2.05. The van der Waals surface area contributed by atoms with Crippen LogP contribution in [0.4, 0.5) is 0 Å². The minimum absolute atomic E-state index is 0.646. The van der Waals surface area contributed by atoms with Gasteiger partial charge in [-0.2, -0.15) is 4.98 Å². The second kappa shape index (κ2) is 3.45. The average molecular weight is 210 g/mol. The molecule has 78 valence electrons. The zero-order chi connectivity index (χ0) is 11.0. The van der Waals surface area contributed by atoms with Crippen LogP contribution in [0.25, 0.3) is 22.4 Å². The van der Waals surface area contributed by atoms with Crippen LogP contribution in [0.3, 0.4) is 0 Å². The molecule has 3 nitrogen and oxygen atoms in total. The third-order valence-electron chi connectivity index (χ3n) is 2.46. The maximum absolute atomic E-state index is 5.46. The van der Waals surface area contributed by atoms with E-state index in [0.29, 0.717) is 11.5 Å². The van der Waals surface area contributed by atoms with Gasteiger partial charge in [0.15, 0.2) is 17.1 Å². The SMILES string of the molecule is Cc1nc2ncc(-c3ccccc3)cc2o1. The molecule has 0 amide bonds. The summed E-state index contributed by atoms with van der Waals surface area (Å²) >= 11 is 0. The number of benzene rings is 1. The number of oxazole rings is 1. The van der Waals surface area contributed by atoms with Crippen molar-refractivity contribution in [3.05, 3.63) is 48.5 Å². The highest BCUT2D eigenvalue weighted by molar-refractivity contribution is 5.76. The van der Waals surface area contributed by atoms with Crippen molar-refractivity contribution in [2.45, 2.75) is 6.92 Å². The summed E-state index contributed by atoms with van der Waals surface area (Å²) in [5, 5.41) is 0. The zero-order valence-corrected chi connectivity index (χ0v) is 8.84. The summed E-state index contributed by atoms with van der Waals surface area (Å²) < 4.78 is 5.46. The lowest BCUT2D eigenvalue weighted by Crippen LogP contribution is -1.80. The molecular formula is C13H10N2O. The first-order valence-corrected chi connectivity index (χ1v) is 5.11. The number of hydrogen-bond donors (Lipinski definition) is 0. The van der Waals surface area contributed by atoms with Gasteiger partial charge in [0.2, 0.25) is 0 Å². The molecule has 0 aliphatic heterocycles. The van der Waals surface area contributed by atoms with E-state index in [0.717, 1.165) is 16.7 Å². The van der Waals surface area contributed by atoms with E-state index in [1.54, 1.807) is 0 Å². The standard InChI is InChI=1S/C13H10N2O/c1-9-15-13-12(16-9)7-11(8-14-13)10-5-3-2-4-6-10/h2-8H,1H3. The van der Waals surface area contributed by atoms with Crippen molar-refractivity contribution in [2.24, 2.45) is 0 Å². The van der Waals surface area contributed by atoms with E-state index in [9.17, 15) is 0 Å². The van der Waals surface area contributed by atoms with Crippen LogP contribution in [0.15, 0.2) is 47.0 Å². The maximum atomic E-state index is 5.46. The minimum atomic E-state index is 0.646. The van der Waals surface area contributed by atoms with E-state index < -0.39 is 0 Å². The van der Waals surface area contributed by atoms with Gasteiger partial charge in [0, 0.05) is 18.7 Å². The van der Waals surface area contributed by atoms with Gasteiger partial charge in [-0.3, -0.25) is 0 Å². The molecule has 2 heterocycles. The molecule has 3 heteroatoms. The first kappa shape index (κ1) is 9.09. The number of aryl methyl sites for hydroxylation is 1. The molecular weight excluding hydrogens is 200 g/mol. The second-order valence-corrected chi connectivity index (χ2v) is 3.64. The Morgan fingerprint density at radius 3 is 2.69 bits per heavy atom. The van der Waals surface area contributed by atoms with E-state index >= 15 is 0 Å². The van der Waals surface area contributed by atoms with Crippen LogP contribution in [0, 0.1) is 6.92 Å². The number of fused-ring (bicyclic) bond motifs is 1. The lowest BCUT2D eigenvalue weighted by molar-refractivity contribution is 0.561. The van der Waals surface area contributed by atoms with Crippen molar-refractivity contribution < 1.29 is 4.42 Å². The highest BCUT2D eigenvalue weighted by atomic mass is 16.3. The smallest absolute Gasteiger partial charge is 0.198 e. The third-order valence-corrected chi connectivity index (χ3v) is 2.46. The Bertz CT molecular complexity index is 629. The van der Waals surface area contributed by atoms with Gasteiger partial charge in [-0.15, -0.1) is 0 Å². The topological polar surface area (TPSA) is 38.9 Å². The van der Waals surface area contributed by atoms with Crippen LogP contribution < -0.4 is 0 Å². The monoisotopic (exact) mass is 210 g/mol. The first-order valence-electron chi connectivity index (χ1n) is 5.11. The van der Waals surface area contributed by atoms with Gasteiger partial charge in [-0.25, -0.2) is 4.98 Å². The molecule has 0 saturated carbocycles. The van der Waals surface area contributed by atoms with Gasteiger partial charge in [0.05, 0.1) is 0 Å². The summed E-state index contributed by atoms with van der Waals surface area (Å²) in [5.74, 6) is 0.646. The molecule has 16 heavy (non-hydrogen) atoms. The van der Waals surface area contributed by atoms with Gasteiger partial charge in [-0.1, -0.05) is 30.3 Å². The lowest BCUT2D eigenvalue weighted by Gasteiger charge is -1.98. The summed E-state index contributed by atoms with van der Waals surface area (Å²) in [6.07, 6.45) is 1.82.